The number of halogens is 2. The maximum absolute atomic E-state index is 14.2. The Labute approximate surface area is 227 Å². The van der Waals surface area contributed by atoms with Crippen molar-refractivity contribution in [3.8, 4) is 22.4 Å². The zero-order valence-corrected chi connectivity index (χ0v) is 22.5. The van der Waals surface area contributed by atoms with Crippen LogP contribution in [-0.4, -0.2) is 22.1 Å². The summed E-state index contributed by atoms with van der Waals surface area (Å²) in [5, 5.41) is 10.2. The van der Waals surface area contributed by atoms with Gasteiger partial charge in [-0.05, 0) is 37.1 Å². The lowest BCUT2D eigenvalue weighted by Crippen LogP contribution is -2.15. The number of aliphatic imine (C=N–C) groups is 1. The SMILES string of the molecule is C=C1C=NN(Cc2cc(-c3ccc(-c4ccc(C)cc4)cc3)no2)C=C1N=C(C)c1cccc(F)c1F.CC. The second kappa shape index (κ2) is 12.3. The highest BCUT2D eigenvalue weighted by molar-refractivity contribution is 6.00. The lowest BCUT2D eigenvalue weighted by molar-refractivity contribution is 0.305. The predicted octanol–water partition coefficient (Wildman–Crippen LogP) is 8.33. The Balaban J connectivity index is 0.00000172. The minimum Gasteiger partial charge on any atom is -0.359 e. The van der Waals surface area contributed by atoms with Crippen molar-refractivity contribution in [2.24, 2.45) is 10.1 Å². The number of hydrogen-bond acceptors (Lipinski definition) is 5. The van der Waals surface area contributed by atoms with Gasteiger partial charge in [-0.3, -0.25) is 10.0 Å². The average molecular weight is 525 g/mol. The van der Waals surface area contributed by atoms with Gasteiger partial charge in [-0.1, -0.05) is 85.7 Å². The number of hydrogen-bond donors (Lipinski definition) is 0. The molecule has 2 heterocycles. The van der Waals surface area contributed by atoms with Gasteiger partial charge in [0, 0.05) is 28.5 Å². The van der Waals surface area contributed by atoms with Crippen LogP contribution in [0.3, 0.4) is 0 Å². The van der Waals surface area contributed by atoms with Crippen molar-refractivity contribution in [2.45, 2.75) is 34.2 Å². The van der Waals surface area contributed by atoms with E-state index in [-0.39, 0.29) is 5.56 Å². The fourth-order valence-corrected chi connectivity index (χ4v) is 3.94. The second-order valence-corrected chi connectivity index (χ2v) is 8.80. The van der Waals surface area contributed by atoms with Gasteiger partial charge in [0.05, 0.1) is 18.1 Å². The first-order chi connectivity index (χ1) is 18.9. The third kappa shape index (κ3) is 6.44. The van der Waals surface area contributed by atoms with Gasteiger partial charge in [-0.25, -0.2) is 8.78 Å². The molecule has 0 bridgehead atoms. The van der Waals surface area contributed by atoms with E-state index < -0.39 is 11.6 Å². The molecule has 1 aliphatic rings. The molecular formula is C32H30F2N4O. The number of rotatable bonds is 6. The maximum Gasteiger partial charge on any atom is 0.167 e. The molecule has 0 saturated carbocycles. The zero-order chi connectivity index (χ0) is 27.9. The molecule has 0 N–H and O–H groups in total. The topological polar surface area (TPSA) is 54.0 Å². The standard InChI is InChI=1S/C30H24F2N4O.C2H6/c1-19-7-9-22(10-8-19)23-11-13-24(14-12-23)28-15-25(37-35-28)17-36-18-29(20(2)16-33-36)34-21(3)26-5-4-6-27(31)30(26)32;1-2/h4-16,18H,2,17H2,1,3H3;1-2H3. The summed E-state index contributed by atoms with van der Waals surface area (Å²) in [5.41, 5.74) is 6.63. The fraction of sp³-hybridized carbons (Fsp3) is 0.156. The summed E-state index contributed by atoms with van der Waals surface area (Å²) in [7, 11) is 0. The minimum absolute atomic E-state index is 0.0936. The van der Waals surface area contributed by atoms with Gasteiger partial charge in [-0.2, -0.15) is 5.10 Å². The van der Waals surface area contributed by atoms with Crippen LogP contribution in [0.2, 0.25) is 0 Å². The number of hydrazone groups is 1. The first-order valence-electron chi connectivity index (χ1n) is 12.7. The van der Waals surface area contributed by atoms with E-state index in [2.05, 4.69) is 65.2 Å². The predicted molar refractivity (Wildman–Crippen MR) is 153 cm³/mol. The van der Waals surface area contributed by atoms with Crippen LogP contribution >= 0.6 is 0 Å². The van der Waals surface area contributed by atoms with Gasteiger partial charge in [-0.15, -0.1) is 0 Å². The molecular weight excluding hydrogens is 494 g/mol. The van der Waals surface area contributed by atoms with Gasteiger partial charge in [0.25, 0.3) is 0 Å². The molecule has 0 radical (unpaired) electrons. The van der Waals surface area contributed by atoms with Crippen LogP contribution in [0, 0.1) is 18.6 Å². The average Bonchev–Trinajstić information content (AvgIpc) is 3.42. The zero-order valence-electron chi connectivity index (χ0n) is 22.5. The summed E-state index contributed by atoms with van der Waals surface area (Å²) in [5.74, 6) is -1.25. The summed E-state index contributed by atoms with van der Waals surface area (Å²) in [6.07, 6.45) is 3.25. The van der Waals surface area contributed by atoms with Crippen molar-refractivity contribution in [1.82, 2.24) is 10.2 Å². The molecule has 1 aliphatic heterocycles. The molecule has 0 spiro atoms. The fourth-order valence-electron chi connectivity index (χ4n) is 3.94. The Morgan fingerprint density at radius 2 is 1.59 bits per heavy atom. The Morgan fingerprint density at radius 3 is 2.28 bits per heavy atom. The monoisotopic (exact) mass is 524 g/mol. The van der Waals surface area contributed by atoms with E-state index in [1.165, 1.54) is 17.7 Å². The van der Waals surface area contributed by atoms with Crippen molar-refractivity contribution >= 4 is 11.9 Å². The Kier molecular flexibility index (Phi) is 8.61. The Morgan fingerprint density at radius 1 is 0.949 bits per heavy atom. The van der Waals surface area contributed by atoms with Gasteiger partial charge >= 0.3 is 0 Å². The molecule has 3 aromatic carbocycles. The largest absolute Gasteiger partial charge is 0.359 e. The lowest BCUT2D eigenvalue weighted by atomic mass is 10.0. The molecule has 0 fully saturated rings. The van der Waals surface area contributed by atoms with Gasteiger partial charge in [0.2, 0.25) is 0 Å². The van der Waals surface area contributed by atoms with E-state index in [0.717, 1.165) is 28.5 Å². The lowest BCUT2D eigenvalue weighted by Gasteiger charge is -2.18. The summed E-state index contributed by atoms with van der Waals surface area (Å²) in [6.45, 7) is 11.9. The van der Waals surface area contributed by atoms with E-state index in [0.29, 0.717) is 29.3 Å². The van der Waals surface area contributed by atoms with Gasteiger partial charge in [0.1, 0.15) is 12.2 Å². The maximum atomic E-state index is 14.2. The molecule has 198 valence electrons. The molecule has 0 unspecified atom stereocenters. The molecule has 7 heteroatoms. The van der Waals surface area contributed by atoms with Crippen LogP contribution in [0.1, 0.15) is 37.7 Å². The van der Waals surface area contributed by atoms with Gasteiger partial charge < -0.3 is 4.52 Å². The molecule has 0 atom stereocenters. The second-order valence-electron chi connectivity index (χ2n) is 8.80. The van der Waals surface area contributed by atoms with Crippen LogP contribution in [0.5, 0.6) is 0 Å². The highest BCUT2D eigenvalue weighted by Crippen LogP contribution is 2.26. The molecule has 5 nitrogen and oxygen atoms in total. The molecule has 4 aromatic rings. The van der Waals surface area contributed by atoms with Crippen LogP contribution in [0.25, 0.3) is 22.4 Å². The highest BCUT2D eigenvalue weighted by atomic mass is 19.2. The minimum atomic E-state index is -0.933. The highest BCUT2D eigenvalue weighted by Gasteiger charge is 2.16. The van der Waals surface area contributed by atoms with Crippen molar-refractivity contribution < 1.29 is 13.3 Å². The summed E-state index contributed by atoms with van der Waals surface area (Å²) in [4.78, 5) is 4.46. The third-order valence-corrected chi connectivity index (χ3v) is 6.03. The number of nitrogens with zero attached hydrogens (tertiary/aromatic N) is 4. The molecule has 0 saturated heterocycles. The van der Waals surface area contributed by atoms with Crippen molar-refractivity contribution in [2.75, 3.05) is 0 Å². The summed E-state index contributed by atoms with van der Waals surface area (Å²) >= 11 is 0. The molecule has 0 amide bonds. The van der Waals surface area contributed by atoms with E-state index >= 15 is 0 Å². The summed E-state index contributed by atoms with van der Waals surface area (Å²) < 4.78 is 33.4. The molecule has 5 rings (SSSR count). The number of allylic oxidation sites excluding steroid dienone is 1. The van der Waals surface area contributed by atoms with Gasteiger partial charge in [0.15, 0.2) is 17.4 Å². The van der Waals surface area contributed by atoms with Crippen LogP contribution in [0.15, 0.2) is 111 Å². The van der Waals surface area contributed by atoms with E-state index in [1.54, 1.807) is 24.3 Å². The Bertz CT molecular complexity index is 1550. The van der Waals surface area contributed by atoms with Crippen LogP contribution in [0.4, 0.5) is 8.78 Å². The van der Waals surface area contributed by atoms with Crippen molar-refractivity contribution in [3.63, 3.8) is 0 Å². The van der Waals surface area contributed by atoms with Crippen molar-refractivity contribution in [3.05, 3.63) is 125 Å². The smallest absolute Gasteiger partial charge is 0.167 e. The first-order valence-corrected chi connectivity index (χ1v) is 12.7. The van der Waals surface area contributed by atoms with E-state index in [4.69, 9.17) is 4.52 Å². The number of benzene rings is 3. The number of aryl methyl sites for hydroxylation is 1. The normalized spacial score (nSPS) is 13.2. The molecule has 1 aromatic heterocycles. The quantitative estimate of drug-likeness (QED) is 0.238. The van der Waals surface area contributed by atoms with Crippen LogP contribution < -0.4 is 0 Å². The molecule has 0 aliphatic carbocycles. The van der Waals surface area contributed by atoms with Crippen LogP contribution in [-0.2, 0) is 6.54 Å². The van der Waals surface area contributed by atoms with Crippen molar-refractivity contribution in [1.29, 1.82) is 0 Å². The van der Waals surface area contributed by atoms with E-state index in [9.17, 15) is 8.78 Å². The van der Waals surface area contributed by atoms with E-state index in [1.807, 2.05) is 32.0 Å². The third-order valence-electron chi connectivity index (χ3n) is 6.03. The number of aromatic nitrogens is 1. The first kappa shape index (κ1) is 27.4. The molecule has 39 heavy (non-hydrogen) atoms. The Hall–Kier alpha value is -4.65. The summed E-state index contributed by atoms with van der Waals surface area (Å²) in [6, 6.07) is 22.4.